The molecule has 4 rings (SSSR count). The van der Waals surface area contributed by atoms with Crippen LogP contribution in [0, 0.1) is 11.8 Å². The quantitative estimate of drug-likeness (QED) is 0.143. The number of nitrogens with zero attached hydrogens (tertiary/aromatic N) is 2. The molecule has 3 aliphatic rings. The Morgan fingerprint density at radius 1 is 1.21 bits per heavy atom. The van der Waals surface area contributed by atoms with Crippen molar-refractivity contribution in [1.82, 2.24) is 10.2 Å². The number of benzene rings is 1. The number of aliphatic hydroxyl groups excluding tert-OH is 2. The molecule has 2 amide bonds. The number of nitrogens with two attached hydrogens (primary N) is 1. The standard InChI is InChI=1S/C29H36N4O9/c1-6-7-8-42-28(40)31-12-14-11-17(32(2)3)15-9-13-10-16-21(33(4)5)24(36)20(27(30)39)26(38)29(16,41)25(37)18(13)23(35)19(15)22(14)34/h6,11,13,16,21,34-35,38,41H,1,7-10,12H2,2-5H3,(H2,30,39)(H,31,40)/t13-,16-,21-,29-/m0/s1. The number of carbonyl (C=O) groups excluding carboxylic acids is 4. The number of anilines is 1. The summed E-state index contributed by atoms with van der Waals surface area (Å²) in [5.74, 6) is -7.22. The summed E-state index contributed by atoms with van der Waals surface area (Å²) in [6.45, 7) is 3.51. The number of hydrogen-bond acceptors (Lipinski definition) is 11. The van der Waals surface area contributed by atoms with E-state index < -0.39 is 69.9 Å². The largest absolute Gasteiger partial charge is 0.508 e. The fraction of sp³-hybridized carbons (Fsp3) is 0.448. The summed E-state index contributed by atoms with van der Waals surface area (Å²) < 4.78 is 5.04. The number of aliphatic hydroxyl groups is 3. The number of ketones is 2. The summed E-state index contributed by atoms with van der Waals surface area (Å²) >= 11 is 0. The third-order valence-electron chi connectivity index (χ3n) is 8.24. The van der Waals surface area contributed by atoms with E-state index in [1.165, 1.54) is 4.90 Å². The molecule has 7 N–H and O–H groups in total. The lowest BCUT2D eigenvalue weighted by Gasteiger charge is -2.50. The number of rotatable bonds is 8. The molecule has 42 heavy (non-hydrogen) atoms. The molecule has 13 heteroatoms. The van der Waals surface area contributed by atoms with Gasteiger partial charge in [-0.3, -0.25) is 19.3 Å². The molecule has 13 nitrogen and oxygen atoms in total. The molecule has 4 atom stereocenters. The second kappa shape index (κ2) is 11.1. The van der Waals surface area contributed by atoms with Gasteiger partial charge in [0.2, 0.25) is 5.78 Å². The number of alkyl carbamates (subject to hydrolysis) is 1. The van der Waals surface area contributed by atoms with E-state index >= 15 is 0 Å². The maximum absolute atomic E-state index is 14.0. The third-order valence-corrected chi connectivity index (χ3v) is 8.24. The first-order valence-electron chi connectivity index (χ1n) is 13.4. The average molecular weight is 585 g/mol. The number of nitrogens with one attached hydrogen (secondary N) is 1. The Balaban J connectivity index is 1.85. The van der Waals surface area contributed by atoms with E-state index in [2.05, 4.69) is 11.9 Å². The van der Waals surface area contributed by atoms with Crippen molar-refractivity contribution in [3.05, 3.63) is 52.3 Å². The summed E-state index contributed by atoms with van der Waals surface area (Å²) in [5, 5.41) is 48.1. The molecule has 1 aromatic rings. The van der Waals surface area contributed by atoms with E-state index in [-0.39, 0.29) is 42.7 Å². The van der Waals surface area contributed by atoms with Crippen molar-refractivity contribution in [2.45, 2.75) is 37.5 Å². The molecule has 1 saturated carbocycles. The van der Waals surface area contributed by atoms with Gasteiger partial charge in [0.1, 0.15) is 22.8 Å². The molecule has 0 radical (unpaired) electrons. The second-order valence-electron chi connectivity index (χ2n) is 11.2. The fourth-order valence-electron chi connectivity index (χ4n) is 6.33. The van der Waals surface area contributed by atoms with Crippen LogP contribution < -0.4 is 16.0 Å². The van der Waals surface area contributed by atoms with Gasteiger partial charge in [0, 0.05) is 43.4 Å². The zero-order valence-electron chi connectivity index (χ0n) is 23.9. The van der Waals surface area contributed by atoms with Crippen LogP contribution in [-0.4, -0.2) is 95.3 Å². The highest BCUT2D eigenvalue weighted by atomic mass is 16.5. The van der Waals surface area contributed by atoms with Gasteiger partial charge in [-0.05, 0) is 50.9 Å². The maximum atomic E-state index is 14.0. The molecule has 226 valence electrons. The smallest absolute Gasteiger partial charge is 0.407 e. The molecular formula is C29H36N4O9. The number of phenolic OH excluding ortho intramolecular Hbond substituents is 1. The van der Waals surface area contributed by atoms with Crippen molar-refractivity contribution >= 4 is 35.0 Å². The summed E-state index contributed by atoms with van der Waals surface area (Å²) in [5.41, 5.74) is 2.79. The molecule has 3 aliphatic carbocycles. The van der Waals surface area contributed by atoms with Crippen LogP contribution in [0.15, 0.2) is 35.6 Å². The Morgan fingerprint density at radius 3 is 2.45 bits per heavy atom. The van der Waals surface area contributed by atoms with Crippen LogP contribution in [0.2, 0.25) is 0 Å². The SMILES string of the molecule is C=CCCOC(=O)NCc1cc(N(C)C)c2c(c1O)C(O)=C1C(=O)[C@]3(O)C(O)=C(C(N)=O)C(=O)[C@@H](N(C)C)[C@@H]3C[C@@H]1C2. The Hall–Kier alpha value is -4.36. The summed E-state index contributed by atoms with van der Waals surface area (Å²) in [6.07, 6.45) is 1.46. The molecule has 1 fully saturated rings. The van der Waals surface area contributed by atoms with Gasteiger partial charge in [-0.25, -0.2) is 4.79 Å². The highest BCUT2D eigenvalue weighted by molar-refractivity contribution is 6.24. The number of likely N-dealkylation sites (N-methyl/N-ethyl adjacent to an activating group) is 1. The van der Waals surface area contributed by atoms with Gasteiger partial charge in [-0.2, -0.15) is 0 Å². The number of primary amides is 1. The zero-order valence-corrected chi connectivity index (χ0v) is 23.9. The van der Waals surface area contributed by atoms with E-state index in [0.29, 0.717) is 17.7 Å². The summed E-state index contributed by atoms with van der Waals surface area (Å²) in [6, 6.07) is 0.488. The number of fused-ring (bicyclic) bond motifs is 3. The van der Waals surface area contributed by atoms with E-state index in [9.17, 15) is 39.6 Å². The van der Waals surface area contributed by atoms with Gasteiger partial charge in [-0.1, -0.05) is 6.08 Å². The fourth-order valence-corrected chi connectivity index (χ4v) is 6.33. The number of aromatic hydroxyl groups is 1. The predicted octanol–water partition coefficient (Wildman–Crippen LogP) is 0.832. The highest BCUT2D eigenvalue weighted by Crippen LogP contribution is 2.54. The zero-order chi connectivity index (χ0) is 31.3. The van der Waals surface area contributed by atoms with Crippen LogP contribution in [-0.2, 0) is 32.1 Å². The number of Topliss-reactive ketones (excluding diaryl/α,β-unsaturated/α-hetero) is 2. The molecule has 0 bridgehead atoms. The Kier molecular flexibility index (Phi) is 8.11. The van der Waals surface area contributed by atoms with Crippen LogP contribution in [0.4, 0.5) is 10.5 Å². The van der Waals surface area contributed by atoms with Crippen molar-refractivity contribution in [3.8, 4) is 5.75 Å². The monoisotopic (exact) mass is 584 g/mol. The second-order valence-corrected chi connectivity index (χ2v) is 11.2. The van der Waals surface area contributed by atoms with Crippen molar-refractivity contribution in [2.75, 3.05) is 39.7 Å². The third kappa shape index (κ3) is 4.68. The molecule has 0 heterocycles. The normalized spacial score (nSPS) is 25.0. The number of hydrogen-bond donors (Lipinski definition) is 6. The molecule has 0 saturated heterocycles. The minimum Gasteiger partial charge on any atom is -0.508 e. The number of amides is 2. The topological polar surface area (TPSA) is 203 Å². The minimum absolute atomic E-state index is 0.0146. The first-order valence-corrected chi connectivity index (χ1v) is 13.4. The molecule has 1 aromatic carbocycles. The van der Waals surface area contributed by atoms with Crippen LogP contribution >= 0.6 is 0 Å². The van der Waals surface area contributed by atoms with Gasteiger partial charge in [0.05, 0.1) is 18.2 Å². The summed E-state index contributed by atoms with van der Waals surface area (Å²) in [4.78, 5) is 54.7. The van der Waals surface area contributed by atoms with E-state index in [1.807, 2.05) is 0 Å². The Bertz CT molecular complexity index is 1440. The first kappa shape index (κ1) is 30.6. The van der Waals surface area contributed by atoms with E-state index in [0.717, 1.165) is 0 Å². The highest BCUT2D eigenvalue weighted by Gasteiger charge is 2.64. The van der Waals surface area contributed by atoms with Crippen LogP contribution in [0.3, 0.4) is 0 Å². The predicted molar refractivity (Wildman–Crippen MR) is 152 cm³/mol. The van der Waals surface area contributed by atoms with Gasteiger partial charge in [0.15, 0.2) is 11.4 Å². The van der Waals surface area contributed by atoms with Crippen LogP contribution in [0.25, 0.3) is 5.76 Å². The lowest BCUT2D eigenvalue weighted by Crippen LogP contribution is -2.65. The lowest BCUT2D eigenvalue weighted by atomic mass is 9.57. The average Bonchev–Trinajstić information content (AvgIpc) is 2.89. The van der Waals surface area contributed by atoms with Gasteiger partial charge < -0.3 is 41.1 Å². The number of ether oxygens (including phenoxy) is 1. The van der Waals surface area contributed by atoms with E-state index in [4.69, 9.17) is 10.5 Å². The van der Waals surface area contributed by atoms with Gasteiger partial charge in [0.25, 0.3) is 5.91 Å². The van der Waals surface area contributed by atoms with Crippen molar-refractivity contribution in [2.24, 2.45) is 17.6 Å². The molecule has 0 spiro atoms. The summed E-state index contributed by atoms with van der Waals surface area (Å²) in [7, 11) is 6.59. The van der Waals surface area contributed by atoms with E-state index in [1.54, 1.807) is 45.2 Å². The van der Waals surface area contributed by atoms with Crippen LogP contribution in [0.1, 0.15) is 29.5 Å². The van der Waals surface area contributed by atoms with Crippen LogP contribution in [0.5, 0.6) is 5.75 Å². The van der Waals surface area contributed by atoms with Crippen molar-refractivity contribution in [3.63, 3.8) is 0 Å². The number of carbonyl (C=O) groups is 4. The number of phenols is 1. The van der Waals surface area contributed by atoms with Gasteiger partial charge >= 0.3 is 6.09 Å². The molecule has 0 aliphatic heterocycles. The van der Waals surface area contributed by atoms with Crippen molar-refractivity contribution < 1.29 is 44.3 Å². The lowest BCUT2D eigenvalue weighted by molar-refractivity contribution is -0.153. The van der Waals surface area contributed by atoms with Gasteiger partial charge in [-0.15, -0.1) is 6.58 Å². The molecular weight excluding hydrogens is 548 g/mol. The molecule has 0 aromatic heterocycles. The van der Waals surface area contributed by atoms with Crippen molar-refractivity contribution in [1.29, 1.82) is 0 Å². The molecule has 0 unspecified atom stereocenters. The Morgan fingerprint density at radius 2 is 1.88 bits per heavy atom. The maximum Gasteiger partial charge on any atom is 0.407 e. The minimum atomic E-state index is -2.72. The Labute approximate surface area is 242 Å². The first-order chi connectivity index (χ1) is 19.7.